The Kier molecular flexibility index (Phi) is 17.2. The van der Waals surface area contributed by atoms with Crippen molar-refractivity contribution in [1.82, 2.24) is 9.44 Å². The van der Waals surface area contributed by atoms with Crippen molar-refractivity contribution in [2.45, 2.75) is 92.0 Å². The molecule has 0 aliphatic carbocycles. The van der Waals surface area contributed by atoms with Crippen LogP contribution in [0.2, 0.25) is 0 Å². The summed E-state index contributed by atoms with van der Waals surface area (Å²) >= 11 is 0. The Balaban J connectivity index is 2.18. The van der Waals surface area contributed by atoms with E-state index in [1.165, 1.54) is 9.44 Å². The molecule has 0 aromatic heterocycles. The van der Waals surface area contributed by atoms with E-state index in [9.17, 15) is 93.4 Å². The molecule has 40 heteroatoms. The summed E-state index contributed by atoms with van der Waals surface area (Å²) in [6.45, 7) is -1.45. The molecule has 60 heavy (non-hydrogen) atoms. The second-order valence-corrected chi connectivity index (χ2v) is 19.2. The van der Waals surface area contributed by atoms with Gasteiger partial charge in [-0.05, 0) is 0 Å². The van der Waals surface area contributed by atoms with Gasteiger partial charge in [0, 0.05) is 14.2 Å². The average molecular weight is 1010 g/mol. The molecule has 3 heterocycles. The number of methoxy groups -OCH3 is 2. The number of carboxylic acid groups (broad SMARTS) is 1. The number of rotatable bonds is 20. The van der Waals surface area contributed by atoms with E-state index in [2.05, 4.69) is 12.5 Å². The Morgan fingerprint density at radius 2 is 1.07 bits per heavy atom. The number of ether oxygens (including phenoxy) is 7. The van der Waals surface area contributed by atoms with E-state index in [0.717, 1.165) is 7.11 Å². The van der Waals surface area contributed by atoms with Crippen molar-refractivity contribution in [3.8, 4) is 0 Å². The summed E-state index contributed by atoms with van der Waals surface area (Å²) in [5, 5.41) is 32.6. The number of hydrogen-bond acceptors (Lipinski definition) is 25. The second kappa shape index (κ2) is 19.6. The third-order valence-electron chi connectivity index (χ3n) is 7.96. The smallest absolute Gasteiger partial charge is 0.397 e. The first-order valence-electron chi connectivity index (χ1n) is 15.3. The van der Waals surface area contributed by atoms with Gasteiger partial charge in [0.05, 0.1) is 6.61 Å². The van der Waals surface area contributed by atoms with Gasteiger partial charge in [0.25, 0.3) is 10.1 Å². The summed E-state index contributed by atoms with van der Waals surface area (Å²) in [5.74, 6) is -3.89. The molecule has 3 aliphatic rings. The molecule has 0 aromatic carbocycles. The molecule has 3 aliphatic heterocycles. The predicted molar refractivity (Wildman–Crippen MR) is 177 cm³/mol. The Hall–Kier alpha value is -1.63. The molecule has 34 nitrogen and oxygen atoms in total. The van der Waals surface area contributed by atoms with Gasteiger partial charge in [-0.25, -0.2) is 17.3 Å². The lowest BCUT2D eigenvalue weighted by atomic mass is 9.95. The maximum absolute atomic E-state index is 12.6. The Bertz CT molecular complexity index is 2190. The van der Waals surface area contributed by atoms with Gasteiger partial charge in [-0.1, -0.05) is 0 Å². The molecule has 0 bridgehead atoms. The maximum Gasteiger partial charge on any atom is 0.397 e. The van der Waals surface area contributed by atoms with Crippen LogP contribution in [0.4, 0.5) is 0 Å². The first kappa shape index (κ1) is 52.7. The zero-order chi connectivity index (χ0) is 46.1. The van der Waals surface area contributed by atoms with Gasteiger partial charge < -0.3 is 48.5 Å². The fourth-order valence-corrected chi connectivity index (χ4v) is 9.08. The molecule has 0 amide bonds. The van der Waals surface area contributed by atoms with Gasteiger partial charge in [0.1, 0.15) is 66.7 Å². The van der Waals surface area contributed by atoms with Crippen molar-refractivity contribution in [3.63, 3.8) is 0 Å². The largest absolute Gasteiger partial charge is 0.479 e. The zero-order valence-corrected chi connectivity index (χ0v) is 34.3. The summed E-state index contributed by atoms with van der Waals surface area (Å²) in [5.41, 5.74) is 0. The van der Waals surface area contributed by atoms with Crippen molar-refractivity contribution in [2.24, 2.45) is 0 Å². The number of nitrogens with one attached hydrogen (secondary N) is 2. The molecule has 0 saturated carbocycles. The van der Waals surface area contributed by atoms with Gasteiger partial charge in [-0.3, -0.25) is 27.3 Å². The monoisotopic (exact) mass is 1010 g/mol. The lowest BCUT2D eigenvalue weighted by Crippen LogP contribution is -2.70. The number of carboxylic acids is 1. The van der Waals surface area contributed by atoms with Crippen LogP contribution in [0.25, 0.3) is 0 Å². The minimum atomic E-state index is -5.91. The lowest BCUT2D eigenvalue weighted by molar-refractivity contribution is -0.356. The standard InChI is InChI=1S/C20H36N2O32S6/c1-45-12-5(3-47-58(36,37)38)48-19(8(22-57(33,34)35)13(12)53-59(39,40)41)51-14-10(24)15(54-60(42,43)44)20(52-16(14)17(25)26)50-11-6(4-55(27,28)29)49-18(46-2)7(9(11)23)21-56(30,31)32/h5-16,18-24H,3-4H2,1-2H3,(H,25,26)(H,27,28,29)(H,30,31,32)(H,33,34,35)(H,36,37,38)(H,39,40,41)(H,42,43,44). The molecule has 354 valence electrons. The molecule has 0 spiro atoms. The molecule has 3 rings (SSSR count). The predicted octanol–water partition coefficient (Wildman–Crippen LogP) is -8.00. The van der Waals surface area contributed by atoms with Crippen molar-refractivity contribution in [1.29, 1.82) is 0 Å². The van der Waals surface area contributed by atoms with Gasteiger partial charge in [0.15, 0.2) is 31.1 Å². The van der Waals surface area contributed by atoms with Gasteiger partial charge in [0.2, 0.25) is 0 Å². The van der Waals surface area contributed by atoms with Crippen LogP contribution in [-0.2, 0) is 112 Å². The maximum atomic E-state index is 12.6. The molecule has 0 aromatic rings. The van der Waals surface area contributed by atoms with Crippen molar-refractivity contribution < 1.29 is 144 Å². The van der Waals surface area contributed by atoms with E-state index >= 15 is 0 Å². The topological polar surface area (TPSA) is 520 Å². The molecular formula is C20H36N2O32S6. The van der Waals surface area contributed by atoms with E-state index in [4.69, 9.17) is 37.7 Å². The second-order valence-electron chi connectivity index (χ2n) is 12.1. The fraction of sp³-hybridized carbons (Fsp3) is 0.950. The average Bonchev–Trinajstić information content (AvgIpc) is 3.03. The van der Waals surface area contributed by atoms with Crippen LogP contribution >= 0.6 is 0 Å². The lowest BCUT2D eigenvalue weighted by Gasteiger charge is -2.49. The van der Waals surface area contributed by atoms with Crippen LogP contribution in [0.5, 0.6) is 0 Å². The molecular weight excluding hydrogens is 973 g/mol. The molecule has 15 atom stereocenters. The van der Waals surface area contributed by atoms with Gasteiger partial charge in [-0.2, -0.15) is 60.0 Å². The Morgan fingerprint density at radius 3 is 1.52 bits per heavy atom. The minimum Gasteiger partial charge on any atom is -0.479 e. The fourth-order valence-electron chi connectivity index (χ4n) is 5.91. The number of carbonyl (C=O) groups is 1. The zero-order valence-electron chi connectivity index (χ0n) is 29.4. The molecule has 3 fully saturated rings. The summed E-state index contributed by atoms with van der Waals surface area (Å²) < 4.78 is 250. The van der Waals surface area contributed by atoms with Gasteiger partial charge in [-0.15, -0.1) is 0 Å². The molecule has 0 radical (unpaired) electrons. The Labute approximate surface area is 338 Å². The SMILES string of the molecule is COC1OC(CS(=O)(=O)O)C(OC2OC(C(=O)O)C(OC3OC(COS(=O)(=O)O)C(OC)C(OS(=O)(=O)O)C3NS(=O)(=O)O)C(O)C2OS(=O)(=O)O)C(O)C1NS(=O)(=O)O. The van der Waals surface area contributed by atoms with Crippen molar-refractivity contribution in [3.05, 3.63) is 0 Å². The summed E-state index contributed by atoms with van der Waals surface area (Å²) in [6, 6.07) is -4.86. The van der Waals surface area contributed by atoms with E-state index in [0.29, 0.717) is 7.11 Å². The highest BCUT2D eigenvalue weighted by Crippen LogP contribution is 2.36. The van der Waals surface area contributed by atoms with E-state index in [1.807, 2.05) is 0 Å². The highest BCUT2D eigenvalue weighted by molar-refractivity contribution is 7.85. The van der Waals surface area contributed by atoms with Crippen LogP contribution in [-0.4, -0.2) is 218 Å². The van der Waals surface area contributed by atoms with E-state index in [-0.39, 0.29) is 0 Å². The third kappa shape index (κ3) is 15.6. The number of aliphatic hydroxyl groups is 2. The summed E-state index contributed by atoms with van der Waals surface area (Å²) in [6.07, 6.45) is -33.6. The highest BCUT2D eigenvalue weighted by atomic mass is 32.3. The van der Waals surface area contributed by atoms with Crippen LogP contribution in [0, 0.1) is 0 Å². The van der Waals surface area contributed by atoms with Crippen LogP contribution in [0.1, 0.15) is 0 Å². The first-order valence-corrected chi connectivity index (χ1v) is 23.9. The van der Waals surface area contributed by atoms with Crippen molar-refractivity contribution in [2.75, 3.05) is 26.6 Å². The normalized spacial score (nSPS) is 36.5. The molecule has 11 N–H and O–H groups in total. The van der Waals surface area contributed by atoms with Gasteiger partial charge >= 0.3 is 57.8 Å². The quantitative estimate of drug-likeness (QED) is 0.0505. The minimum absolute atomic E-state index is 0.711. The molecule has 3 saturated heterocycles. The number of hydrogen-bond donors (Lipinski definition) is 11. The van der Waals surface area contributed by atoms with Crippen molar-refractivity contribution >= 4 is 67.9 Å². The summed E-state index contributed by atoms with van der Waals surface area (Å²) in [7, 11) is -31.7. The first-order chi connectivity index (χ1) is 27.0. The molecule has 15 unspecified atom stereocenters. The number of aliphatic hydroxyl groups excluding tert-OH is 2. The highest BCUT2D eigenvalue weighted by Gasteiger charge is 2.59. The third-order valence-corrected chi connectivity index (χ3v) is 11.2. The van der Waals surface area contributed by atoms with Crippen LogP contribution in [0.3, 0.4) is 0 Å². The van der Waals surface area contributed by atoms with Crippen LogP contribution < -0.4 is 9.44 Å². The number of aliphatic carboxylic acids is 1. The van der Waals surface area contributed by atoms with E-state index in [1.54, 1.807) is 0 Å². The van der Waals surface area contributed by atoms with E-state index < -0.39 is 172 Å². The van der Waals surface area contributed by atoms with Crippen LogP contribution in [0.15, 0.2) is 0 Å². The summed E-state index contributed by atoms with van der Waals surface area (Å²) in [4.78, 5) is 12.6. The Morgan fingerprint density at radius 1 is 0.567 bits per heavy atom.